The summed E-state index contributed by atoms with van der Waals surface area (Å²) in [6.07, 6.45) is 0. The first-order chi connectivity index (χ1) is 39.5. The summed E-state index contributed by atoms with van der Waals surface area (Å²) in [4.78, 5) is 4.78. The minimum absolute atomic E-state index is 0.0741. The lowest BCUT2D eigenvalue weighted by molar-refractivity contribution is 0.572. The van der Waals surface area contributed by atoms with Gasteiger partial charge >= 0.3 is 0 Å². The molecule has 0 aliphatic rings. The number of benzene rings is 11. The molecule has 0 unspecified atom stereocenters. The maximum absolute atomic E-state index is 7.03. The van der Waals surface area contributed by atoms with Gasteiger partial charge in [-0.15, -0.1) is 22.7 Å². The standard InChI is InChI=1S/C76H64N2O2S2/c1-43(2)45-23-29-51(30-24-45)77(65-21-13-17-57-55-15-11-19-63(75(5,6)7)69(55)79-71(57)65)53-33-27-47-39-61-59-35-36-60-62-40-48-28-34-54(38-50(48)42-68(62)82-74(60)73(59)81-67(61)41-49(47)37-53)78(52-31-25-46(26-32-52)44(3)4)66-22-14-18-58-56-16-12-20-64(76(8,9)10)70(56)80-72(58)66/h11-44H,1-10H3. The Hall–Kier alpha value is -8.42. The SMILES string of the molecule is CC(C)c1ccc(N(c2ccc3cc4c(cc3c2)sc2c4ccc3c4cc5ccc(N(c6ccc(C(C)C)cc6)c6cccc7c6oc6c(C(C)(C)C)cccc67)cc5cc4sc32)c2cccc3c2oc2c(C(C)(C)C)cccc23)cc1. The van der Waals surface area contributed by atoms with E-state index in [-0.39, 0.29) is 10.8 Å². The van der Waals surface area contributed by atoms with Crippen molar-refractivity contribution < 1.29 is 8.83 Å². The molecule has 4 nitrogen and oxygen atoms in total. The van der Waals surface area contributed by atoms with Crippen LogP contribution in [0.25, 0.3) is 106 Å². The van der Waals surface area contributed by atoms with Crippen molar-refractivity contribution in [2.75, 3.05) is 9.80 Å². The number of hydrogen-bond acceptors (Lipinski definition) is 6. The number of rotatable bonds is 8. The van der Waals surface area contributed by atoms with Crippen molar-refractivity contribution in [3.05, 3.63) is 216 Å². The third-order valence-corrected chi connectivity index (χ3v) is 19.7. The van der Waals surface area contributed by atoms with Crippen LogP contribution in [0, 0.1) is 0 Å². The van der Waals surface area contributed by atoms with E-state index in [0.717, 1.165) is 78.0 Å². The van der Waals surface area contributed by atoms with Crippen LogP contribution >= 0.6 is 22.7 Å². The summed E-state index contributed by atoms with van der Waals surface area (Å²) >= 11 is 3.84. The third kappa shape index (κ3) is 8.04. The molecule has 0 bridgehead atoms. The predicted molar refractivity (Wildman–Crippen MR) is 357 cm³/mol. The summed E-state index contributed by atoms with van der Waals surface area (Å²) in [5, 5.41) is 14.6. The topological polar surface area (TPSA) is 32.8 Å². The number of nitrogens with zero attached hydrogens (tertiary/aromatic N) is 2. The van der Waals surface area contributed by atoms with E-state index in [0.29, 0.717) is 11.8 Å². The van der Waals surface area contributed by atoms with Crippen LogP contribution < -0.4 is 9.80 Å². The Balaban J connectivity index is 0.850. The molecule has 0 amide bonds. The van der Waals surface area contributed by atoms with Crippen LogP contribution in [0.2, 0.25) is 0 Å². The van der Waals surface area contributed by atoms with E-state index in [1.807, 2.05) is 22.7 Å². The second-order valence-corrected chi connectivity index (χ2v) is 27.4. The highest BCUT2D eigenvalue weighted by atomic mass is 32.1. The minimum Gasteiger partial charge on any atom is -0.454 e. The number of anilines is 6. The van der Waals surface area contributed by atoms with E-state index >= 15 is 0 Å². The maximum Gasteiger partial charge on any atom is 0.159 e. The molecule has 6 heteroatoms. The van der Waals surface area contributed by atoms with Gasteiger partial charge in [-0.2, -0.15) is 0 Å². The van der Waals surface area contributed by atoms with Crippen LogP contribution in [-0.4, -0.2) is 0 Å². The number of thiophene rings is 2. The molecule has 402 valence electrons. The number of furan rings is 2. The summed E-state index contributed by atoms with van der Waals surface area (Å²) < 4.78 is 19.3. The van der Waals surface area contributed by atoms with E-state index < -0.39 is 0 Å². The molecule has 0 N–H and O–H groups in total. The van der Waals surface area contributed by atoms with Gasteiger partial charge in [0.1, 0.15) is 11.2 Å². The van der Waals surface area contributed by atoms with E-state index in [2.05, 4.69) is 273 Å². The Morgan fingerprint density at radius 3 is 1.07 bits per heavy atom. The predicted octanol–water partition coefficient (Wildman–Crippen LogP) is 24.3. The van der Waals surface area contributed by atoms with Crippen LogP contribution in [0.15, 0.2) is 203 Å². The number of hydrogen-bond donors (Lipinski definition) is 0. The summed E-state index contributed by atoms with van der Waals surface area (Å²) in [6, 6.07) is 72.8. The Bertz CT molecular complexity index is 4750. The molecule has 0 atom stereocenters. The molecule has 0 fully saturated rings. The molecule has 15 aromatic rings. The molecule has 15 rings (SSSR count). The summed E-state index contributed by atoms with van der Waals surface area (Å²) in [5.41, 5.74) is 15.0. The zero-order valence-corrected chi connectivity index (χ0v) is 49.8. The second-order valence-electron chi connectivity index (χ2n) is 25.3. The van der Waals surface area contributed by atoms with Gasteiger partial charge in [0.15, 0.2) is 11.2 Å². The van der Waals surface area contributed by atoms with Gasteiger partial charge in [0.2, 0.25) is 0 Å². The normalized spacial score (nSPS) is 12.7. The van der Waals surface area contributed by atoms with E-state index in [1.165, 1.54) is 84.1 Å². The van der Waals surface area contributed by atoms with E-state index in [1.54, 1.807) is 0 Å². The van der Waals surface area contributed by atoms with Gasteiger partial charge in [-0.1, -0.05) is 178 Å². The highest BCUT2D eigenvalue weighted by Crippen LogP contribution is 2.50. The summed E-state index contributed by atoms with van der Waals surface area (Å²) in [5.74, 6) is 0.858. The number of fused-ring (bicyclic) bond motifs is 15. The zero-order chi connectivity index (χ0) is 56.1. The van der Waals surface area contributed by atoms with E-state index in [4.69, 9.17) is 8.83 Å². The summed E-state index contributed by atoms with van der Waals surface area (Å²) in [6.45, 7) is 22.6. The Morgan fingerprint density at radius 1 is 0.329 bits per heavy atom. The minimum atomic E-state index is -0.0741. The van der Waals surface area contributed by atoms with E-state index in [9.17, 15) is 0 Å². The quantitative estimate of drug-likeness (QED) is 0.152. The van der Waals surface area contributed by atoms with Gasteiger partial charge in [0, 0.05) is 86.4 Å². The van der Waals surface area contributed by atoms with Gasteiger partial charge < -0.3 is 18.6 Å². The maximum atomic E-state index is 7.03. The first-order valence-electron chi connectivity index (χ1n) is 28.9. The molecular weight excluding hydrogens is 1040 g/mol. The van der Waals surface area contributed by atoms with Crippen LogP contribution in [0.4, 0.5) is 34.1 Å². The van der Waals surface area contributed by atoms with Crippen LogP contribution in [-0.2, 0) is 10.8 Å². The van der Waals surface area contributed by atoms with Crippen molar-refractivity contribution in [2.24, 2.45) is 0 Å². The molecule has 4 aromatic heterocycles. The third-order valence-electron chi connectivity index (χ3n) is 17.2. The van der Waals surface area contributed by atoms with Crippen molar-refractivity contribution in [1.82, 2.24) is 0 Å². The fraction of sp³-hybridized carbons (Fsp3) is 0.184. The molecule has 82 heavy (non-hydrogen) atoms. The number of para-hydroxylation sites is 4. The highest BCUT2D eigenvalue weighted by molar-refractivity contribution is 7.33. The average molecular weight is 1100 g/mol. The lowest BCUT2D eigenvalue weighted by Crippen LogP contribution is -2.11. The van der Waals surface area contributed by atoms with Crippen molar-refractivity contribution in [3.8, 4) is 0 Å². The fourth-order valence-electron chi connectivity index (χ4n) is 12.8. The zero-order valence-electron chi connectivity index (χ0n) is 48.2. The first kappa shape index (κ1) is 50.5. The lowest BCUT2D eigenvalue weighted by Gasteiger charge is -2.26. The molecule has 0 aliphatic heterocycles. The average Bonchev–Trinajstić information content (AvgIpc) is 2.37. The molecular formula is C76H64N2O2S2. The van der Waals surface area contributed by atoms with Gasteiger partial charge in [-0.05, 0) is 140 Å². The van der Waals surface area contributed by atoms with Crippen molar-refractivity contribution in [1.29, 1.82) is 0 Å². The van der Waals surface area contributed by atoms with Crippen molar-refractivity contribution >= 4 is 163 Å². The van der Waals surface area contributed by atoms with Gasteiger partial charge in [-0.3, -0.25) is 0 Å². The van der Waals surface area contributed by atoms with Crippen molar-refractivity contribution in [3.63, 3.8) is 0 Å². The van der Waals surface area contributed by atoms with Gasteiger partial charge in [0.25, 0.3) is 0 Å². The van der Waals surface area contributed by atoms with Crippen LogP contribution in [0.1, 0.15) is 103 Å². The molecule has 0 saturated heterocycles. The molecule has 11 aromatic carbocycles. The Labute approximate surface area is 486 Å². The monoisotopic (exact) mass is 1100 g/mol. The van der Waals surface area contributed by atoms with Gasteiger partial charge in [-0.25, -0.2) is 0 Å². The van der Waals surface area contributed by atoms with Crippen LogP contribution in [0.3, 0.4) is 0 Å². The first-order valence-corrected chi connectivity index (χ1v) is 30.6. The molecule has 0 saturated carbocycles. The molecule has 4 heterocycles. The smallest absolute Gasteiger partial charge is 0.159 e. The fourth-order valence-corrected chi connectivity index (χ4v) is 15.4. The largest absolute Gasteiger partial charge is 0.454 e. The molecule has 0 spiro atoms. The lowest BCUT2D eigenvalue weighted by atomic mass is 9.86. The second kappa shape index (κ2) is 18.6. The van der Waals surface area contributed by atoms with Crippen LogP contribution in [0.5, 0.6) is 0 Å². The highest BCUT2D eigenvalue weighted by Gasteiger charge is 2.27. The molecule has 0 radical (unpaired) electrons. The summed E-state index contributed by atoms with van der Waals surface area (Å²) in [7, 11) is 0. The Morgan fingerprint density at radius 2 is 0.695 bits per heavy atom. The molecule has 0 aliphatic carbocycles. The van der Waals surface area contributed by atoms with Gasteiger partial charge in [0.05, 0.1) is 20.8 Å². The Kier molecular flexibility index (Phi) is 11.4. The van der Waals surface area contributed by atoms with Crippen molar-refractivity contribution in [2.45, 2.75) is 91.9 Å².